The van der Waals surface area contributed by atoms with E-state index in [0.717, 1.165) is 44.0 Å². The first kappa shape index (κ1) is 22.5. The second-order valence-electron chi connectivity index (χ2n) is 9.99. The van der Waals surface area contributed by atoms with E-state index in [0.29, 0.717) is 0 Å². The highest BCUT2D eigenvalue weighted by molar-refractivity contribution is 5.58. The van der Waals surface area contributed by atoms with Gasteiger partial charge in [0.05, 0.1) is 12.8 Å². The standard InChI is InChI=1S/C28H40N4O/c1-23-8-3-4-10-26(23)31-20-18-29(19-21-31)25-9-7-15-32(22-25)24-13-16-30(17-14-24)27-11-5-6-12-28(27)33-2/h3-6,8,10-12,24-25H,7,9,13-22H2,1-2H3/t25-/m1/s1. The molecule has 2 aromatic rings. The number of ether oxygens (including phenoxy) is 1. The Morgan fingerprint density at radius 1 is 0.667 bits per heavy atom. The highest BCUT2D eigenvalue weighted by Crippen LogP contribution is 2.32. The molecule has 5 rings (SSSR count). The highest BCUT2D eigenvalue weighted by atomic mass is 16.5. The molecule has 5 nitrogen and oxygen atoms in total. The van der Waals surface area contributed by atoms with Gasteiger partial charge in [-0.25, -0.2) is 0 Å². The Morgan fingerprint density at radius 3 is 2.06 bits per heavy atom. The minimum absolute atomic E-state index is 0.727. The van der Waals surface area contributed by atoms with Crippen molar-refractivity contribution >= 4 is 11.4 Å². The van der Waals surface area contributed by atoms with Crippen molar-refractivity contribution in [2.24, 2.45) is 0 Å². The van der Waals surface area contributed by atoms with Crippen LogP contribution in [0.3, 0.4) is 0 Å². The molecule has 3 fully saturated rings. The van der Waals surface area contributed by atoms with Gasteiger partial charge in [0.15, 0.2) is 0 Å². The molecular weight excluding hydrogens is 408 g/mol. The number of hydrogen-bond acceptors (Lipinski definition) is 5. The largest absolute Gasteiger partial charge is 0.495 e. The molecule has 0 bridgehead atoms. The number of piperidine rings is 2. The van der Waals surface area contributed by atoms with Crippen LogP contribution in [0.1, 0.15) is 31.2 Å². The molecule has 3 aliphatic heterocycles. The highest BCUT2D eigenvalue weighted by Gasteiger charge is 2.33. The van der Waals surface area contributed by atoms with Crippen LogP contribution in [0.4, 0.5) is 11.4 Å². The number of piperazine rings is 1. The molecule has 0 aliphatic carbocycles. The quantitative estimate of drug-likeness (QED) is 0.680. The summed E-state index contributed by atoms with van der Waals surface area (Å²) in [5.41, 5.74) is 4.07. The van der Waals surface area contributed by atoms with Crippen LogP contribution >= 0.6 is 0 Å². The summed E-state index contributed by atoms with van der Waals surface area (Å²) in [5.74, 6) is 0.999. The Hall–Kier alpha value is -2.24. The van der Waals surface area contributed by atoms with Crippen molar-refractivity contribution in [3.05, 3.63) is 54.1 Å². The molecule has 5 heteroatoms. The molecule has 0 radical (unpaired) electrons. The van der Waals surface area contributed by atoms with E-state index in [2.05, 4.69) is 75.1 Å². The molecule has 1 atom stereocenters. The summed E-state index contributed by atoms with van der Waals surface area (Å²) < 4.78 is 5.60. The van der Waals surface area contributed by atoms with Gasteiger partial charge in [-0.15, -0.1) is 0 Å². The normalized spacial score (nSPS) is 23.6. The van der Waals surface area contributed by atoms with E-state index in [1.807, 2.05) is 0 Å². The summed E-state index contributed by atoms with van der Waals surface area (Å²) in [6.07, 6.45) is 5.22. The van der Waals surface area contributed by atoms with E-state index in [4.69, 9.17) is 4.74 Å². The van der Waals surface area contributed by atoms with E-state index in [1.165, 1.54) is 68.8 Å². The molecule has 3 heterocycles. The lowest BCUT2D eigenvalue weighted by Gasteiger charge is -2.47. The Morgan fingerprint density at radius 2 is 1.33 bits per heavy atom. The Labute approximate surface area is 199 Å². The second-order valence-corrected chi connectivity index (χ2v) is 9.99. The molecule has 3 aliphatic rings. The number of methoxy groups -OCH3 is 1. The SMILES string of the molecule is COc1ccccc1N1CCC(N2CCC[C@@H](N3CCN(c4ccccc4C)CC3)C2)CC1. The van der Waals surface area contributed by atoms with Gasteiger partial charge in [-0.05, 0) is 62.9 Å². The third-order valence-corrected chi connectivity index (χ3v) is 8.12. The molecule has 33 heavy (non-hydrogen) atoms. The van der Waals surface area contributed by atoms with Crippen LogP contribution in [0.25, 0.3) is 0 Å². The van der Waals surface area contributed by atoms with Crippen molar-refractivity contribution in [2.75, 3.05) is 69.3 Å². The summed E-state index contributed by atoms with van der Waals surface area (Å²) in [6, 6.07) is 18.8. The summed E-state index contributed by atoms with van der Waals surface area (Å²) in [6.45, 7) is 11.7. The average Bonchev–Trinajstić information content (AvgIpc) is 2.89. The zero-order valence-corrected chi connectivity index (χ0v) is 20.5. The first-order valence-corrected chi connectivity index (χ1v) is 12.9. The smallest absolute Gasteiger partial charge is 0.142 e. The molecule has 0 spiro atoms. The van der Waals surface area contributed by atoms with Gasteiger partial charge in [-0.3, -0.25) is 9.80 Å². The second kappa shape index (κ2) is 10.4. The fraction of sp³-hybridized carbons (Fsp3) is 0.571. The van der Waals surface area contributed by atoms with E-state index >= 15 is 0 Å². The van der Waals surface area contributed by atoms with Crippen molar-refractivity contribution in [1.82, 2.24) is 9.80 Å². The van der Waals surface area contributed by atoms with Crippen LogP contribution in [0, 0.1) is 6.92 Å². The van der Waals surface area contributed by atoms with E-state index in [-0.39, 0.29) is 0 Å². The first-order chi connectivity index (χ1) is 16.2. The van der Waals surface area contributed by atoms with Crippen LogP contribution in [-0.2, 0) is 0 Å². The number of rotatable bonds is 5. The zero-order valence-electron chi connectivity index (χ0n) is 20.5. The van der Waals surface area contributed by atoms with Crippen LogP contribution < -0.4 is 14.5 Å². The maximum absolute atomic E-state index is 5.60. The predicted molar refractivity (Wildman–Crippen MR) is 138 cm³/mol. The van der Waals surface area contributed by atoms with Crippen molar-refractivity contribution in [2.45, 2.75) is 44.7 Å². The fourth-order valence-electron chi connectivity index (χ4n) is 6.22. The maximum Gasteiger partial charge on any atom is 0.142 e. The van der Waals surface area contributed by atoms with E-state index < -0.39 is 0 Å². The van der Waals surface area contributed by atoms with Gasteiger partial charge in [0.25, 0.3) is 0 Å². The zero-order chi connectivity index (χ0) is 22.6. The van der Waals surface area contributed by atoms with Crippen LogP contribution in [0.15, 0.2) is 48.5 Å². The van der Waals surface area contributed by atoms with Crippen LogP contribution in [-0.4, -0.2) is 81.4 Å². The van der Waals surface area contributed by atoms with Gasteiger partial charge < -0.3 is 14.5 Å². The monoisotopic (exact) mass is 448 g/mol. The topological polar surface area (TPSA) is 22.2 Å². The summed E-state index contributed by atoms with van der Waals surface area (Å²) >= 11 is 0. The Kier molecular flexibility index (Phi) is 7.07. The molecule has 0 amide bonds. The van der Waals surface area contributed by atoms with Crippen LogP contribution in [0.2, 0.25) is 0 Å². The Balaban J connectivity index is 1.13. The van der Waals surface area contributed by atoms with Gasteiger partial charge in [-0.1, -0.05) is 30.3 Å². The lowest BCUT2D eigenvalue weighted by Crippen LogP contribution is -2.57. The van der Waals surface area contributed by atoms with Gasteiger partial charge in [-0.2, -0.15) is 0 Å². The minimum atomic E-state index is 0.727. The lowest BCUT2D eigenvalue weighted by atomic mass is 9.96. The van der Waals surface area contributed by atoms with Crippen LogP contribution in [0.5, 0.6) is 5.75 Å². The summed E-state index contributed by atoms with van der Waals surface area (Å²) in [4.78, 5) is 10.7. The van der Waals surface area contributed by atoms with Gasteiger partial charge >= 0.3 is 0 Å². The number of aryl methyl sites for hydroxylation is 1. The molecule has 178 valence electrons. The fourth-order valence-corrected chi connectivity index (χ4v) is 6.22. The predicted octanol–water partition coefficient (Wildman–Crippen LogP) is 4.26. The third kappa shape index (κ3) is 4.99. The number of para-hydroxylation sites is 3. The number of likely N-dealkylation sites (tertiary alicyclic amines) is 1. The third-order valence-electron chi connectivity index (χ3n) is 8.12. The van der Waals surface area contributed by atoms with E-state index in [1.54, 1.807) is 7.11 Å². The lowest BCUT2D eigenvalue weighted by molar-refractivity contribution is 0.0595. The Bertz CT molecular complexity index is 902. The molecule has 0 N–H and O–H groups in total. The molecule has 0 aromatic heterocycles. The van der Waals surface area contributed by atoms with Gasteiger partial charge in [0.2, 0.25) is 0 Å². The van der Waals surface area contributed by atoms with E-state index in [9.17, 15) is 0 Å². The molecule has 0 unspecified atom stereocenters. The van der Waals surface area contributed by atoms with Gasteiger partial charge in [0, 0.05) is 63.6 Å². The van der Waals surface area contributed by atoms with Gasteiger partial charge in [0.1, 0.15) is 5.75 Å². The number of anilines is 2. The first-order valence-electron chi connectivity index (χ1n) is 12.9. The van der Waals surface area contributed by atoms with Crippen molar-refractivity contribution in [3.8, 4) is 5.75 Å². The molecular formula is C28H40N4O. The number of nitrogens with zero attached hydrogens (tertiary/aromatic N) is 4. The number of hydrogen-bond donors (Lipinski definition) is 0. The maximum atomic E-state index is 5.60. The average molecular weight is 449 g/mol. The summed E-state index contributed by atoms with van der Waals surface area (Å²) in [5, 5.41) is 0. The van der Waals surface area contributed by atoms with Crippen molar-refractivity contribution in [1.29, 1.82) is 0 Å². The minimum Gasteiger partial charge on any atom is -0.495 e. The number of benzene rings is 2. The van der Waals surface area contributed by atoms with Crippen molar-refractivity contribution in [3.63, 3.8) is 0 Å². The van der Waals surface area contributed by atoms with Crippen molar-refractivity contribution < 1.29 is 4.74 Å². The molecule has 2 aromatic carbocycles. The summed E-state index contributed by atoms with van der Waals surface area (Å²) in [7, 11) is 1.78. The molecule has 3 saturated heterocycles. The molecule has 0 saturated carbocycles.